The molecule has 0 aliphatic heterocycles. The molecule has 84 valence electrons. The molecule has 0 aromatic rings. The van der Waals surface area contributed by atoms with Crippen LogP contribution in [0.15, 0.2) is 12.2 Å². The fourth-order valence-corrected chi connectivity index (χ4v) is 1.74. The van der Waals surface area contributed by atoms with Crippen LogP contribution >= 0.6 is 0 Å². The van der Waals surface area contributed by atoms with Crippen LogP contribution in [0.25, 0.3) is 0 Å². The zero-order valence-corrected chi connectivity index (χ0v) is 9.20. The molecule has 1 aliphatic rings. The maximum Gasteiger partial charge on any atom is 0.306 e. The third-order valence-corrected chi connectivity index (χ3v) is 2.55. The molecule has 1 unspecified atom stereocenters. The van der Waals surface area contributed by atoms with Crippen LogP contribution in [0.1, 0.15) is 39.0 Å². The largest absolute Gasteiger partial charge is 0.461 e. The summed E-state index contributed by atoms with van der Waals surface area (Å²) >= 11 is 0. The Morgan fingerprint density at radius 3 is 2.93 bits per heavy atom. The van der Waals surface area contributed by atoms with E-state index in [0.29, 0.717) is 25.9 Å². The Morgan fingerprint density at radius 2 is 2.33 bits per heavy atom. The number of carbonyl (C=O) groups excluding carboxylic acids is 2. The lowest BCUT2D eigenvalue weighted by Crippen LogP contribution is -2.09. The van der Waals surface area contributed by atoms with Crippen LogP contribution in [-0.4, -0.2) is 18.4 Å². The Balaban J connectivity index is 2.13. The van der Waals surface area contributed by atoms with Gasteiger partial charge in [0.2, 0.25) is 0 Å². The van der Waals surface area contributed by atoms with E-state index < -0.39 is 0 Å². The Hall–Kier alpha value is -1.12. The molecule has 1 rings (SSSR count). The van der Waals surface area contributed by atoms with Gasteiger partial charge in [0.25, 0.3) is 0 Å². The number of esters is 1. The summed E-state index contributed by atoms with van der Waals surface area (Å²) in [5.74, 6) is 0.314. The van der Waals surface area contributed by atoms with Gasteiger partial charge in [-0.3, -0.25) is 9.59 Å². The number of rotatable bonds is 5. The van der Waals surface area contributed by atoms with Crippen molar-refractivity contribution in [2.45, 2.75) is 39.0 Å². The van der Waals surface area contributed by atoms with Gasteiger partial charge in [-0.1, -0.05) is 19.1 Å². The highest BCUT2D eigenvalue weighted by molar-refractivity contribution is 5.81. The number of Topliss-reactive ketones (excluding diaryl/α,β-unsaturated/α-hetero) is 1. The van der Waals surface area contributed by atoms with Crippen LogP contribution in [0.3, 0.4) is 0 Å². The van der Waals surface area contributed by atoms with E-state index in [2.05, 4.69) is 0 Å². The molecular formula is C12H18O3. The minimum Gasteiger partial charge on any atom is -0.461 e. The number of hydrogen-bond donors (Lipinski definition) is 0. The van der Waals surface area contributed by atoms with Crippen molar-refractivity contribution in [3.05, 3.63) is 12.2 Å². The zero-order valence-electron chi connectivity index (χ0n) is 9.20. The van der Waals surface area contributed by atoms with E-state index in [4.69, 9.17) is 4.74 Å². The third kappa shape index (κ3) is 4.77. The Labute approximate surface area is 90.5 Å². The zero-order chi connectivity index (χ0) is 11.1. The van der Waals surface area contributed by atoms with Crippen LogP contribution in [-0.2, 0) is 14.3 Å². The molecule has 1 atom stereocenters. The van der Waals surface area contributed by atoms with Crippen molar-refractivity contribution < 1.29 is 14.3 Å². The summed E-state index contributed by atoms with van der Waals surface area (Å²) in [6.07, 6.45) is 7.19. The summed E-state index contributed by atoms with van der Waals surface area (Å²) in [5.41, 5.74) is 0. The lowest BCUT2D eigenvalue weighted by molar-refractivity contribution is -0.143. The summed E-state index contributed by atoms with van der Waals surface area (Å²) in [4.78, 5) is 22.3. The minimum absolute atomic E-state index is 0.185. The van der Waals surface area contributed by atoms with Gasteiger partial charge in [0.1, 0.15) is 12.4 Å². The predicted molar refractivity (Wildman–Crippen MR) is 57.4 cm³/mol. The van der Waals surface area contributed by atoms with Crippen LogP contribution in [0, 0.1) is 5.92 Å². The highest BCUT2D eigenvalue weighted by Crippen LogP contribution is 2.25. The van der Waals surface area contributed by atoms with E-state index in [-0.39, 0.29) is 17.7 Å². The van der Waals surface area contributed by atoms with Gasteiger partial charge in [0, 0.05) is 19.3 Å². The van der Waals surface area contributed by atoms with Crippen LogP contribution in [0.4, 0.5) is 0 Å². The number of ether oxygens (including phenoxy) is 1. The Morgan fingerprint density at radius 1 is 1.53 bits per heavy atom. The van der Waals surface area contributed by atoms with Crippen LogP contribution in [0.2, 0.25) is 0 Å². The molecule has 0 spiro atoms. The summed E-state index contributed by atoms with van der Waals surface area (Å²) < 4.78 is 5.00. The second-order valence-electron chi connectivity index (χ2n) is 3.91. The monoisotopic (exact) mass is 210 g/mol. The molecule has 3 heteroatoms. The van der Waals surface area contributed by atoms with Gasteiger partial charge in [-0.2, -0.15) is 0 Å². The van der Waals surface area contributed by atoms with E-state index in [9.17, 15) is 9.59 Å². The van der Waals surface area contributed by atoms with E-state index >= 15 is 0 Å². The average molecular weight is 210 g/mol. The lowest BCUT2D eigenvalue weighted by Gasteiger charge is -2.06. The van der Waals surface area contributed by atoms with Crippen molar-refractivity contribution >= 4 is 11.8 Å². The molecule has 1 aliphatic carbocycles. The number of allylic oxidation sites excluding steroid dienone is 1. The van der Waals surface area contributed by atoms with Crippen molar-refractivity contribution in [3.8, 4) is 0 Å². The second-order valence-corrected chi connectivity index (χ2v) is 3.91. The summed E-state index contributed by atoms with van der Waals surface area (Å²) in [6, 6.07) is 0. The fourth-order valence-electron chi connectivity index (χ4n) is 1.74. The smallest absolute Gasteiger partial charge is 0.306 e. The van der Waals surface area contributed by atoms with Crippen molar-refractivity contribution in [2.24, 2.45) is 5.92 Å². The lowest BCUT2D eigenvalue weighted by atomic mass is 10.0. The minimum atomic E-state index is -0.185. The Kier molecular flexibility index (Phi) is 5.08. The molecule has 0 N–H and O–H groups in total. The normalized spacial score (nSPS) is 21.1. The van der Waals surface area contributed by atoms with Crippen LogP contribution in [0.5, 0.6) is 0 Å². The molecule has 0 bridgehead atoms. The highest BCUT2D eigenvalue weighted by Gasteiger charge is 2.24. The fraction of sp³-hybridized carbons (Fsp3) is 0.667. The van der Waals surface area contributed by atoms with Crippen molar-refractivity contribution in [1.82, 2.24) is 0 Å². The predicted octanol–water partition coefficient (Wildman–Crippen LogP) is 2.26. The molecule has 0 heterocycles. The molecule has 1 saturated carbocycles. The number of carbonyl (C=O) groups is 2. The van der Waals surface area contributed by atoms with E-state index in [1.54, 1.807) is 0 Å². The molecule has 0 aromatic carbocycles. The molecule has 15 heavy (non-hydrogen) atoms. The summed E-state index contributed by atoms with van der Waals surface area (Å²) in [5, 5.41) is 0. The average Bonchev–Trinajstić information content (AvgIpc) is 2.59. The van der Waals surface area contributed by atoms with Gasteiger partial charge < -0.3 is 4.74 Å². The van der Waals surface area contributed by atoms with Gasteiger partial charge in [-0.25, -0.2) is 0 Å². The highest BCUT2D eigenvalue weighted by atomic mass is 16.5. The maximum absolute atomic E-state index is 11.3. The first kappa shape index (κ1) is 12.0. The number of ketones is 1. The summed E-state index contributed by atoms with van der Waals surface area (Å²) in [7, 11) is 0. The van der Waals surface area contributed by atoms with Crippen molar-refractivity contribution in [1.29, 1.82) is 0 Å². The van der Waals surface area contributed by atoms with E-state index in [0.717, 1.165) is 12.8 Å². The first-order chi connectivity index (χ1) is 7.22. The van der Waals surface area contributed by atoms with E-state index in [1.165, 1.54) is 0 Å². The topological polar surface area (TPSA) is 43.4 Å². The molecule has 3 nitrogen and oxygen atoms in total. The molecule has 0 amide bonds. The molecule has 0 saturated heterocycles. The van der Waals surface area contributed by atoms with Gasteiger partial charge in [0.05, 0.1) is 0 Å². The third-order valence-electron chi connectivity index (χ3n) is 2.55. The first-order valence-electron chi connectivity index (χ1n) is 5.54. The maximum atomic E-state index is 11.3. The molecular weight excluding hydrogens is 192 g/mol. The standard InChI is InChI=1S/C12H18O3/c1-2-3-4-7-15-12(14)9-10-5-6-11(13)8-10/h3-4,10H,2,5-9H2,1H3/b4-3-. The SMILES string of the molecule is CC/C=C\COC(=O)CC1CCC(=O)C1. The second kappa shape index (κ2) is 6.38. The number of hydrogen-bond acceptors (Lipinski definition) is 3. The van der Waals surface area contributed by atoms with Crippen LogP contribution < -0.4 is 0 Å². The summed E-state index contributed by atoms with van der Waals surface area (Å²) in [6.45, 7) is 2.38. The van der Waals surface area contributed by atoms with Crippen molar-refractivity contribution in [3.63, 3.8) is 0 Å². The molecule has 0 radical (unpaired) electrons. The first-order valence-corrected chi connectivity index (χ1v) is 5.54. The van der Waals surface area contributed by atoms with Gasteiger partial charge in [-0.05, 0) is 18.8 Å². The van der Waals surface area contributed by atoms with Gasteiger partial charge in [0.15, 0.2) is 0 Å². The van der Waals surface area contributed by atoms with Gasteiger partial charge >= 0.3 is 5.97 Å². The molecule has 1 fully saturated rings. The van der Waals surface area contributed by atoms with Crippen molar-refractivity contribution in [2.75, 3.05) is 6.61 Å². The molecule has 0 aromatic heterocycles. The quantitative estimate of drug-likeness (QED) is 0.516. The van der Waals surface area contributed by atoms with E-state index in [1.807, 2.05) is 19.1 Å². The Bertz CT molecular complexity index is 256. The van der Waals surface area contributed by atoms with Gasteiger partial charge in [-0.15, -0.1) is 0 Å².